The molecule has 3 unspecified atom stereocenters. The average Bonchev–Trinajstić information content (AvgIpc) is 3.59. The number of ether oxygens (including phenoxy) is 1. The number of halogens is 3. The summed E-state index contributed by atoms with van der Waals surface area (Å²) >= 11 is 3.61. The van der Waals surface area contributed by atoms with Crippen LogP contribution in [0.1, 0.15) is 42.7 Å². The summed E-state index contributed by atoms with van der Waals surface area (Å²) in [6.07, 6.45) is 10.7. The van der Waals surface area contributed by atoms with Crippen LogP contribution in [0.5, 0.6) is 5.88 Å². The van der Waals surface area contributed by atoms with Gasteiger partial charge in [-0.25, -0.2) is 18.2 Å². The van der Waals surface area contributed by atoms with Crippen LogP contribution in [-0.4, -0.2) is 65.8 Å². The third-order valence-corrected chi connectivity index (χ3v) is 9.85. The van der Waals surface area contributed by atoms with E-state index >= 15 is 0 Å². The molecule has 1 fully saturated rings. The lowest BCUT2D eigenvalue weighted by molar-refractivity contribution is -0.109. The quantitative estimate of drug-likeness (QED) is 0.155. The maximum atomic E-state index is 14.7. The van der Waals surface area contributed by atoms with Crippen LogP contribution in [-0.2, 0) is 11.3 Å². The second kappa shape index (κ2) is 17.1. The molecule has 236 valence electrons. The van der Waals surface area contributed by atoms with Gasteiger partial charge in [-0.15, -0.1) is 11.8 Å². The number of pyridine rings is 1. The molecular formula is C34H40F3N3O2S2. The Balaban J connectivity index is 0.000000233. The summed E-state index contributed by atoms with van der Waals surface area (Å²) in [5, 5.41) is 2.17. The van der Waals surface area contributed by atoms with Crippen LogP contribution in [0, 0.1) is 23.4 Å². The first kappa shape index (κ1) is 34.1. The topological polar surface area (TPSA) is 45.7 Å². The standard InChI is InChI=1S/C22H24F3NOS.C12H16N2OS/c1-28-26-10-2-3-15(13-26)4-5-18(14-27)19-8-6-16(11-21(19)24)17-7-9-20(23)22(25)12-17;1-14(11-4-6-16-9-11)8-10-3-5-13-12(7-10)15-2/h6-9,11-12,14-15,18H,2-5,10,13H2,1H3;3-7,11H,8-9H2,1-2H3. The van der Waals surface area contributed by atoms with Gasteiger partial charge in [-0.1, -0.05) is 36.2 Å². The molecule has 5 rings (SSSR count). The summed E-state index contributed by atoms with van der Waals surface area (Å²) in [6.45, 7) is 3.02. The van der Waals surface area contributed by atoms with Gasteiger partial charge in [-0.05, 0) is 96.8 Å². The summed E-state index contributed by atoms with van der Waals surface area (Å²) in [4.78, 5) is 18.1. The SMILES string of the molecule is COc1cc(CN(C)C2C=CSC2)ccn1.CSN1CCCC(CCC(C=O)c2ccc(-c3ccc(F)c(F)c3)cc2F)C1. The highest BCUT2D eigenvalue weighted by molar-refractivity contribution is 8.02. The fourth-order valence-corrected chi connectivity index (χ4v) is 7.16. The van der Waals surface area contributed by atoms with Crippen molar-refractivity contribution in [2.45, 2.75) is 44.2 Å². The Kier molecular flexibility index (Phi) is 13.2. The van der Waals surface area contributed by atoms with Gasteiger partial charge in [-0.2, -0.15) is 0 Å². The normalized spacial score (nSPS) is 19.0. The van der Waals surface area contributed by atoms with Crippen molar-refractivity contribution in [2.75, 3.05) is 39.3 Å². The van der Waals surface area contributed by atoms with E-state index in [1.807, 2.05) is 23.9 Å². The number of aldehydes is 1. The largest absolute Gasteiger partial charge is 0.481 e. The number of nitrogens with zero attached hydrogens (tertiary/aromatic N) is 3. The Labute approximate surface area is 267 Å². The number of hydrogen-bond acceptors (Lipinski definition) is 7. The average molecular weight is 644 g/mol. The molecule has 0 bridgehead atoms. The molecular weight excluding hydrogens is 604 g/mol. The van der Waals surface area contributed by atoms with Crippen molar-refractivity contribution >= 4 is 30.0 Å². The molecule has 3 heterocycles. The maximum absolute atomic E-state index is 14.7. The minimum Gasteiger partial charge on any atom is -0.481 e. The van der Waals surface area contributed by atoms with E-state index in [0.29, 0.717) is 41.0 Å². The van der Waals surface area contributed by atoms with Crippen LogP contribution in [0.2, 0.25) is 0 Å². The van der Waals surface area contributed by atoms with Crippen LogP contribution >= 0.6 is 23.7 Å². The number of thioether (sulfide) groups is 1. The van der Waals surface area contributed by atoms with Gasteiger partial charge in [-0.3, -0.25) is 9.21 Å². The molecule has 0 amide bonds. The number of aromatic nitrogens is 1. The molecule has 0 saturated carbocycles. The first-order chi connectivity index (χ1) is 21.3. The molecule has 10 heteroatoms. The summed E-state index contributed by atoms with van der Waals surface area (Å²) < 4.78 is 48.7. The number of rotatable bonds is 11. The minimum absolute atomic E-state index is 0.360. The van der Waals surface area contributed by atoms with Gasteiger partial charge in [0.05, 0.1) is 7.11 Å². The predicted octanol–water partition coefficient (Wildman–Crippen LogP) is 7.97. The molecule has 0 aliphatic carbocycles. The zero-order valence-electron chi connectivity index (χ0n) is 25.4. The minimum atomic E-state index is -0.973. The lowest BCUT2D eigenvalue weighted by atomic mass is 9.87. The van der Waals surface area contributed by atoms with Gasteiger partial charge >= 0.3 is 0 Å². The van der Waals surface area contributed by atoms with Crippen molar-refractivity contribution in [3.05, 3.63) is 94.8 Å². The van der Waals surface area contributed by atoms with Gasteiger partial charge in [0, 0.05) is 49.6 Å². The number of carbonyl (C=O) groups is 1. The van der Waals surface area contributed by atoms with Crippen LogP contribution in [0.25, 0.3) is 11.1 Å². The molecule has 5 nitrogen and oxygen atoms in total. The molecule has 2 aliphatic heterocycles. The van der Waals surface area contributed by atoms with E-state index in [2.05, 4.69) is 39.0 Å². The molecule has 2 aromatic carbocycles. The van der Waals surface area contributed by atoms with Crippen molar-refractivity contribution in [1.82, 2.24) is 14.2 Å². The van der Waals surface area contributed by atoms with Crippen molar-refractivity contribution in [3.8, 4) is 17.0 Å². The molecule has 1 saturated heterocycles. The second-order valence-corrected chi connectivity index (χ2v) is 12.9. The van der Waals surface area contributed by atoms with E-state index in [-0.39, 0.29) is 0 Å². The highest BCUT2D eigenvalue weighted by atomic mass is 32.2. The Hall–Kier alpha value is -2.79. The molecule has 44 heavy (non-hydrogen) atoms. The first-order valence-corrected chi connectivity index (χ1v) is 17.0. The van der Waals surface area contributed by atoms with E-state index in [4.69, 9.17) is 4.74 Å². The smallest absolute Gasteiger partial charge is 0.213 e. The lowest BCUT2D eigenvalue weighted by Crippen LogP contribution is -2.30. The third kappa shape index (κ3) is 9.60. The highest BCUT2D eigenvalue weighted by Gasteiger charge is 2.23. The molecule has 0 radical (unpaired) electrons. The molecule has 3 aromatic rings. The van der Waals surface area contributed by atoms with E-state index in [1.165, 1.54) is 17.7 Å². The van der Waals surface area contributed by atoms with Crippen molar-refractivity contribution in [2.24, 2.45) is 5.92 Å². The Bertz CT molecular complexity index is 1410. The van der Waals surface area contributed by atoms with Crippen LogP contribution in [0.4, 0.5) is 13.2 Å². The maximum Gasteiger partial charge on any atom is 0.213 e. The molecule has 1 aromatic heterocycles. The van der Waals surface area contributed by atoms with E-state index in [0.717, 1.165) is 63.1 Å². The zero-order chi connectivity index (χ0) is 31.5. The number of likely N-dealkylation sites (N-methyl/N-ethyl adjacent to an activating group) is 1. The van der Waals surface area contributed by atoms with E-state index < -0.39 is 23.4 Å². The zero-order valence-corrected chi connectivity index (χ0v) is 27.1. The monoisotopic (exact) mass is 643 g/mol. The Morgan fingerprint density at radius 2 is 1.89 bits per heavy atom. The van der Waals surface area contributed by atoms with Crippen LogP contribution in [0.15, 0.2) is 66.2 Å². The number of piperidine rings is 1. The predicted molar refractivity (Wildman–Crippen MR) is 175 cm³/mol. The van der Waals surface area contributed by atoms with Crippen LogP contribution < -0.4 is 4.74 Å². The number of hydrogen-bond donors (Lipinski definition) is 0. The van der Waals surface area contributed by atoms with Crippen LogP contribution in [0.3, 0.4) is 0 Å². The van der Waals surface area contributed by atoms with Gasteiger partial charge < -0.3 is 9.53 Å². The third-order valence-electron chi connectivity index (χ3n) is 8.11. The highest BCUT2D eigenvalue weighted by Crippen LogP contribution is 2.31. The lowest BCUT2D eigenvalue weighted by Gasteiger charge is -2.31. The first-order valence-electron chi connectivity index (χ1n) is 14.8. The summed E-state index contributed by atoms with van der Waals surface area (Å²) in [6, 6.07) is 12.6. The second-order valence-electron chi connectivity index (χ2n) is 11.1. The molecule has 3 atom stereocenters. The molecule has 0 spiro atoms. The number of methoxy groups -OCH3 is 1. The van der Waals surface area contributed by atoms with Crippen molar-refractivity contribution < 1.29 is 22.7 Å². The Morgan fingerprint density at radius 3 is 2.55 bits per heavy atom. The fraction of sp³-hybridized carbons (Fsp3) is 0.412. The van der Waals surface area contributed by atoms with Crippen molar-refractivity contribution in [1.29, 1.82) is 0 Å². The van der Waals surface area contributed by atoms with Gasteiger partial charge in [0.1, 0.15) is 12.1 Å². The number of carbonyl (C=O) groups excluding carboxylic acids is 1. The van der Waals surface area contributed by atoms with Gasteiger partial charge in [0.25, 0.3) is 0 Å². The molecule has 2 aliphatic rings. The molecule has 0 N–H and O–H groups in total. The van der Waals surface area contributed by atoms with E-state index in [9.17, 15) is 18.0 Å². The Morgan fingerprint density at radius 1 is 1.11 bits per heavy atom. The van der Waals surface area contributed by atoms with E-state index in [1.54, 1.807) is 37.4 Å². The van der Waals surface area contributed by atoms with Gasteiger partial charge in [0.2, 0.25) is 5.88 Å². The fourth-order valence-electron chi connectivity index (χ4n) is 5.52. The summed E-state index contributed by atoms with van der Waals surface area (Å²) in [5.41, 5.74) is 2.44. The summed E-state index contributed by atoms with van der Waals surface area (Å²) in [7, 11) is 3.79. The summed E-state index contributed by atoms with van der Waals surface area (Å²) in [5.74, 6) is -0.546. The van der Waals surface area contributed by atoms with Gasteiger partial charge in [0.15, 0.2) is 11.6 Å². The number of benzene rings is 2. The van der Waals surface area contributed by atoms with Crippen molar-refractivity contribution in [3.63, 3.8) is 0 Å².